The normalized spacial score (nSPS) is 11.7. The summed E-state index contributed by atoms with van der Waals surface area (Å²) < 4.78 is 8.56. The largest absolute Gasteiger partial charge is 0.462 e. The molecular formula is C17H15N7O3. The molecule has 1 aromatic carbocycles. The Labute approximate surface area is 153 Å². The highest BCUT2D eigenvalue weighted by Crippen LogP contribution is 2.12. The number of amides is 1. The molecule has 3 aromatic heterocycles. The Morgan fingerprint density at radius 2 is 2.19 bits per heavy atom. The number of nitrogens with one attached hydrogen (secondary N) is 1. The number of oxime groups is 1. The molecule has 10 nitrogen and oxygen atoms in total. The number of carbonyl (C=O) groups is 1. The second-order valence-corrected chi connectivity index (χ2v) is 5.54. The SMILES string of the molecule is CO/N=C(/C(=O)Nc1cnn(Cn2nnc3ccccc32)c1)c1ccco1. The van der Waals surface area contributed by atoms with Crippen molar-refractivity contribution in [1.29, 1.82) is 0 Å². The van der Waals surface area contributed by atoms with E-state index in [-0.39, 0.29) is 5.71 Å². The summed E-state index contributed by atoms with van der Waals surface area (Å²) in [5.74, 6) is -0.173. The van der Waals surface area contributed by atoms with Crippen LogP contribution in [0.4, 0.5) is 5.69 Å². The van der Waals surface area contributed by atoms with Crippen molar-refractivity contribution in [3.63, 3.8) is 0 Å². The van der Waals surface area contributed by atoms with Gasteiger partial charge in [-0.3, -0.25) is 4.79 Å². The Kier molecular flexibility index (Phi) is 4.35. The van der Waals surface area contributed by atoms with Gasteiger partial charge in [-0.05, 0) is 24.3 Å². The molecule has 0 unspecified atom stereocenters. The van der Waals surface area contributed by atoms with E-state index in [1.807, 2.05) is 24.3 Å². The molecule has 136 valence electrons. The first-order valence-corrected chi connectivity index (χ1v) is 8.01. The van der Waals surface area contributed by atoms with Gasteiger partial charge in [-0.1, -0.05) is 22.5 Å². The third-order valence-electron chi connectivity index (χ3n) is 3.74. The lowest BCUT2D eigenvalue weighted by atomic mass is 10.2. The Hall–Kier alpha value is -3.95. The van der Waals surface area contributed by atoms with Gasteiger partial charge in [0.1, 0.15) is 19.3 Å². The highest BCUT2D eigenvalue weighted by Gasteiger charge is 2.18. The number of nitrogens with zero attached hydrogens (tertiary/aromatic N) is 6. The summed E-state index contributed by atoms with van der Waals surface area (Å²) in [6.07, 6.45) is 4.67. The van der Waals surface area contributed by atoms with Crippen LogP contribution in [0.3, 0.4) is 0 Å². The summed E-state index contributed by atoms with van der Waals surface area (Å²) in [4.78, 5) is 17.2. The average molecular weight is 365 g/mol. The number of fused-ring (bicyclic) bond motifs is 1. The van der Waals surface area contributed by atoms with E-state index >= 15 is 0 Å². The topological polar surface area (TPSA) is 112 Å². The molecule has 0 saturated heterocycles. The van der Waals surface area contributed by atoms with E-state index in [1.165, 1.54) is 19.6 Å². The first kappa shape index (κ1) is 16.5. The van der Waals surface area contributed by atoms with Crippen molar-refractivity contribution < 1.29 is 14.0 Å². The fourth-order valence-electron chi connectivity index (χ4n) is 2.56. The lowest BCUT2D eigenvalue weighted by Crippen LogP contribution is -2.23. The Bertz CT molecular complexity index is 1090. The minimum absolute atomic E-state index is 0.0255. The molecule has 0 fully saturated rings. The van der Waals surface area contributed by atoms with Crippen LogP contribution in [0.1, 0.15) is 5.76 Å². The van der Waals surface area contributed by atoms with Gasteiger partial charge in [0.2, 0.25) is 5.71 Å². The van der Waals surface area contributed by atoms with Gasteiger partial charge >= 0.3 is 0 Å². The van der Waals surface area contributed by atoms with E-state index in [0.29, 0.717) is 18.1 Å². The van der Waals surface area contributed by atoms with Gasteiger partial charge in [0.15, 0.2) is 5.76 Å². The average Bonchev–Trinajstić information content (AvgIpc) is 3.42. The van der Waals surface area contributed by atoms with E-state index in [4.69, 9.17) is 9.25 Å². The number of hydrogen-bond acceptors (Lipinski definition) is 7. The van der Waals surface area contributed by atoms with Crippen molar-refractivity contribution in [1.82, 2.24) is 24.8 Å². The molecule has 1 N–H and O–H groups in total. The van der Waals surface area contributed by atoms with Crippen LogP contribution < -0.4 is 5.32 Å². The van der Waals surface area contributed by atoms with Crippen molar-refractivity contribution in [3.05, 3.63) is 60.8 Å². The molecule has 0 radical (unpaired) electrons. The van der Waals surface area contributed by atoms with E-state index in [0.717, 1.165) is 11.0 Å². The molecule has 0 atom stereocenters. The highest BCUT2D eigenvalue weighted by atomic mass is 16.6. The molecule has 4 rings (SSSR count). The molecule has 0 aliphatic heterocycles. The van der Waals surface area contributed by atoms with Crippen LogP contribution >= 0.6 is 0 Å². The minimum atomic E-state index is -0.474. The molecular weight excluding hydrogens is 350 g/mol. The number of aromatic nitrogens is 5. The summed E-state index contributed by atoms with van der Waals surface area (Å²) >= 11 is 0. The molecule has 1 amide bonds. The van der Waals surface area contributed by atoms with E-state index in [9.17, 15) is 4.79 Å². The van der Waals surface area contributed by atoms with Crippen LogP contribution in [-0.2, 0) is 16.3 Å². The number of hydrogen-bond donors (Lipinski definition) is 1. The van der Waals surface area contributed by atoms with Gasteiger partial charge in [0.25, 0.3) is 5.91 Å². The predicted molar refractivity (Wildman–Crippen MR) is 96.0 cm³/mol. The van der Waals surface area contributed by atoms with Crippen molar-refractivity contribution in [2.24, 2.45) is 5.16 Å². The Balaban J connectivity index is 1.49. The van der Waals surface area contributed by atoms with Crippen LogP contribution in [0, 0.1) is 0 Å². The first-order valence-electron chi connectivity index (χ1n) is 8.01. The maximum atomic E-state index is 12.5. The quantitative estimate of drug-likeness (QED) is 0.411. The summed E-state index contributed by atoms with van der Waals surface area (Å²) in [6, 6.07) is 10.9. The van der Waals surface area contributed by atoms with Crippen molar-refractivity contribution in [3.8, 4) is 0 Å². The smallest absolute Gasteiger partial charge is 0.281 e. The van der Waals surface area contributed by atoms with E-state index < -0.39 is 5.91 Å². The molecule has 0 saturated carbocycles. The zero-order valence-electron chi connectivity index (χ0n) is 14.3. The first-order chi connectivity index (χ1) is 13.2. The van der Waals surface area contributed by atoms with Crippen LogP contribution in [0.5, 0.6) is 0 Å². The van der Waals surface area contributed by atoms with Gasteiger partial charge < -0.3 is 14.6 Å². The van der Waals surface area contributed by atoms with Crippen molar-refractivity contribution >= 4 is 28.3 Å². The number of furan rings is 1. The second-order valence-electron chi connectivity index (χ2n) is 5.54. The van der Waals surface area contributed by atoms with E-state index in [1.54, 1.807) is 27.7 Å². The summed E-state index contributed by atoms with van der Waals surface area (Å²) in [6.45, 7) is 0.355. The number of rotatable bonds is 6. The van der Waals surface area contributed by atoms with E-state index in [2.05, 4.69) is 25.9 Å². The van der Waals surface area contributed by atoms with Crippen molar-refractivity contribution in [2.45, 2.75) is 6.67 Å². The highest BCUT2D eigenvalue weighted by molar-refractivity contribution is 6.48. The Morgan fingerprint density at radius 3 is 3.00 bits per heavy atom. The van der Waals surface area contributed by atoms with Crippen LogP contribution in [-0.4, -0.2) is 43.5 Å². The summed E-state index contributed by atoms with van der Waals surface area (Å²) in [7, 11) is 1.36. The van der Waals surface area contributed by atoms with Crippen LogP contribution in [0.25, 0.3) is 11.0 Å². The third kappa shape index (κ3) is 3.40. The Morgan fingerprint density at radius 1 is 1.30 bits per heavy atom. The fraction of sp³-hybridized carbons (Fsp3) is 0.118. The van der Waals surface area contributed by atoms with Gasteiger partial charge in [-0.2, -0.15) is 5.10 Å². The molecule has 10 heteroatoms. The molecule has 4 aromatic rings. The number of para-hydroxylation sites is 1. The molecule has 27 heavy (non-hydrogen) atoms. The summed E-state index contributed by atoms with van der Waals surface area (Å²) in [5.41, 5.74) is 2.22. The molecule has 0 aliphatic rings. The maximum absolute atomic E-state index is 12.5. The predicted octanol–water partition coefficient (Wildman–Crippen LogP) is 1.72. The second kappa shape index (κ2) is 7.12. The zero-order chi connectivity index (χ0) is 18.6. The van der Waals surface area contributed by atoms with Gasteiger partial charge in [0.05, 0.1) is 29.9 Å². The third-order valence-corrected chi connectivity index (χ3v) is 3.74. The molecule has 3 heterocycles. The molecule has 0 spiro atoms. The van der Waals surface area contributed by atoms with Crippen LogP contribution in [0.15, 0.2) is 64.6 Å². The number of anilines is 1. The summed E-state index contributed by atoms with van der Waals surface area (Å²) in [5, 5.41) is 18.9. The lowest BCUT2D eigenvalue weighted by molar-refractivity contribution is -0.110. The number of benzene rings is 1. The van der Waals surface area contributed by atoms with Crippen LogP contribution in [0.2, 0.25) is 0 Å². The molecule has 0 aliphatic carbocycles. The zero-order valence-corrected chi connectivity index (χ0v) is 14.3. The van der Waals surface area contributed by atoms with Crippen molar-refractivity contribution in [2.75, 3.05) is 12.4 Å². The number of carbonyl (C=O) groups excluding carboxylic acids is 1. The molecule has 0 bridgehead atoms. The fourth-order valence-corrected chi connectivity index (χ4v) is 2.56. The van der Waals surface area contributed by atoms with Gasteiger partial charge in [0, 0.05) is 0 Å². The van der Waals surface area contributed by atoms with Gasteiger partial charge in [-0.25, -0.2) is 9.36 Å². The standard InChI is InChI=1S/C17H15N7O3/c1-26-21-16(15-7-4-8-27-15)17(25)19-12-9-18-23(10-12)11-24-14-6-3-2-5-13(14)20-22-24/h2-10H,11H2,1H3,(H,19,25)/b21-16+. The van der Waals surface area contributed by atoms with Gasteiger partial charge in [-0.15, -0.1) is 5.10 Å². The minimum Gasteiger partial charge on any atom is -0.462 e. The lowest BCUT2D eigenvalue weighted by Gasteiger charge is -2.04. The monoisotopic (exact) mass is 365 g/mol. The maximum Gasteiger partial charge on any atom is 0.281 e.